The van der Waals surface area contributed by atoms with Crippen molar-refractivity contribution >= 4 is 7.60 Å². The zero-order valence-corrected chi connectivity index (χ0v) is 18.9. The minimum Gasteiger partial charge on any atom is -0.778 e. The molecule has 0 aliphatic heterocycles. The van der Waals surface area contributed by atoms with E-state index >= 15 is 0 Å². The van der Waals surface area contributed by atoms with Gasteiger partial charge in [-0.05, 0) is 48.9 Å². The summed E-state index contributed by atoms with van der Waals surface area (Å²) in [6.07, 6.45) is 3.87. The van der Waals surface area contributed by atoms with E-state index in [2.05, 4.69) is 26.2 Å². The lowest BCUT2D eigenvalue weighted by Crippen LogP contribution is -2.43. The Kier molecular flexibility index (Phi) is 9.37. The summed E-state index contributed by atoms with van der Waals surface area (Å²) in [5, 5.41) is 18.8. The Morgan fingerprint density at radius 2 is 1.60 bits per heavy atom. The molecule has 1 atom stereocenters. The van der Waals surface area contributed by atoms with Crippen LogP contribution in [0, 0.1) is 0 Å². The van der Waals surface area contributed by atoms with Gasteiger partial charge < -0.3 is 28.7 Å². The van der Waals surface area contributed by atoms with E-state index in [-0.39, 0.29) is 24.3 Å². The van der Waals surface area contributed by atoms with Crippen LogP contribution in [0.25, 0.3) is 0 Å². The molecule has 0 saturated carbocycles. The molecule has 2 N–H and O–H groups in total. The highest BCUT2D eigenvalue weighted by Gasteiger charge is 2.17. The molecular formula is C23H34NO5P. The fourth-order valence-electron chi connectivity index (χ4n) is 3.32. The molecule has 7 heteroatoms. The van der Waals surface area contributed by atoms with E-state index in [1.807, 2.05) is 18.2 Å². The maximum absolute atomic E-state index is 12.2. The van der Waals surface area contributed by atoms with Gasteiger partial charge in [0.2, 0.25) is 0 Å². The highest BCUT2D eigenvalue weighted by atomic mass is 31.2. The zero-order chi connectivity index (χ0) is 22.0. The fourth-order valence-corrected chi connectivity index (χ4v) is 4.42. The Balaban J connectivity index is 1.62. The number of unbranched alkanes of at least 4 members (excludes halogenated alkanes) is 1. The average molecular weight is 436 g/mol. The lowest BCUT2D eigenvalue weighted by molar-refractivity contribution is -0.890. The summed E-state index contributed by atoms with van der Waals surface area (Å²) in [6.45, 7) is 1.81. The highest BCUT2D eigenvalue weighted by molar-refractivity contribution is 7.51. The number of nitrogens with zero attached hydrogens (tertiary/aromatic N) is 1. The summed E-state index contributed by atoms with van der Waals surface area (Å²) in [5.74, 6) is -0.313. The molecule has 0 spiro atoms. The van der Waals surface area contributed by atoms with Gasteiger partial charge in [0, 0.05) is 12.6 Å². The third kappa shape index (κ3) is 9.31. The monoisotopic (exact) mass is 435 g/mol. The van der Waals surface area contributed by atoms with Crippen LogP contribution in [-0.4, -0.2) is 54.6 Å². The second kappa shape index (κ2) is 11.5. The molecule has 0 heterocycles. The van der Waals surface area contributed by atoms with Gasteiger partial charge in [-0.2, -0.15) is 0 Å². The first-order chi connectivity index (χ1) is 14.2. The van der Waals surface area contributed by atoms with Crippen molar-refractivity contribution in [2.75, 3.05) is 40.0 Å². The number of benzene rings is 2. The van der Waals surface area contributed by atoms with E-state index in [0.717, 1.165) is 29.4 Å². The average Bonchev–Trinajstić information content (AvgIpc) is 2.68. The first-order valence-electron chi connectivity index (χ1n) is 10.5. The van der Waals surface area contributed by atoms with Crippen LogP contribution < -0.4 is 4.89 Å². The first-order valence-corrected chi connectivity index (χ1v) is 12.2. The number of aromatic hydroxyl groups is 2. The number of phenols is 2. The number of hydrogen-bond donors (Lipinski definition) is 2. The molecule has 166 valence electrons. The number of hydrogen-bond acceptors (Lipinski definition) is 5. The summed E-state index contributed by atoms with van der Waals surface area (Å²) < 4.78 is 18.1. The summed E-state index contributed by atoms with van der Waals surface area (Å²) in [4.78, 5) is 12.2. The molecule has 1 unspecified atom stereocenters. The number of phenolic OH excluding ortho intramolecular Hbond substituents is 2. The second-order valence-corrected chi connectivity index (χ2v) is 10.3. The van der Waals surface area contributed by atoms with Gasteiger partial charge in [0.15, 0.2) is 11.5 Å². The predicted molar refractivity (Wildman–Crippen MR) is 118 cm³/mol. The molecule has 30 heavy (non-hydrogen) atoms. The van der Waals surface area contributed by atoms with Gasteiger partial charge in [0.25, 0.3) is 0 Å². The van der Waals surface area contributed by atoms with Gasteiger partial charge in [0.05, 0.1) is 20.6 Å². The minimum absolute atomic E-state index is 0.0124. The Morgan fingerprint density at radius 3 is 2.30 bits per heavy atom. The third-order valence-corrected chi connectivity index (χ3v) is 6.68. The van der Waals surface area contributed by atoms with Gasteiger partial charge in [-0.25, -0.2) is 0 Å². The van der Waals surface area contributed by atoms with Crippen molar-refractivity contribution in [3.63, 3.8) is 0 Å². The summed E-state index contributed by atoms with van der Waals surface area (Å²) in [7, 11) is 0.349. The van der Waals surface area contributed by atoms with Crippen LogP contribution in [0.1, 0.15) is 30.4 Å². The quantitative estimate of drug-likeness (QED) is 0.217. The maximum Gasteiger partial charge on any atom is 0.157 e. The molecule has 0 amide bonds. The Morgan fingerprint density at radius 1 is 0.900 bits per heavy atom. The van der Waals surface area contributed by atoms with E-state index in [1.165, 1.54) is 17.7 Å². The molecule has 6 nitrogen and oxygen atoms in total. The van der Waals surface area contributed by atoms with Crippen LogP contribution in [-0.2, 0) is 21.9 Å². The van der Waals surface area contributed by atoms with Crippen molar-refractivity contribution in [3.8, 4) is 11.5 Å². The van der Waals surface area contributed by atoms with Crippen LogP contribution in [0.4, 0.5) is 0 Å². The smallest absolute Gasteiger partial charge is 0.157 e. The molecule has 2 aromatic carbocycles. The van der Waals surface area contributed by atoms with Crippen LogP contribution in [0.3, 0.4) is 0 Å². The molecule has 0 fully saturated rings. The molecule has 0 aliphatic rings. The predicted octanol–water partition coefficient (Wildman–Crippen LogP) is 3.70. The normalized spacial score (nSPS) is 13.8. The summed E-state index contributed by atoms with van der Waals surface area (Å²) in [6, 6.07) is 15.0. The number of aryl methyl sites for hydroxylation is 2. The summed E-state index contributed by atoms with van der Waals surface area (Å²) in [5.41, 5.74) is 2.18. The molecule has 2 aromatic rings. The molecule has 0 saturated heterocycles. The summed E-state index contributed by atoms with van der Waals surface area (Å²) >= 11 is 0. The molecule has 0 bridgehead atoms. The largest absolute Gasteiger partial charge is 0.778 e. The lowest BCUT2D eigenvalue weighted by Gasteiger charge is -2.31. The molecule has 0 aromatic heterocycles. The van der Waals surface area contributed by atoms with E-state index < -0.39 is 7.60 Å². The van der Waals surface area contributed by atoms with Gasteiger partial charge in [-0.15, -0.1) is 0 Å². The van der Waals surface area contributed by atoms with Crippen molar-refractivity contribution in [2.24, 2.45) is 0 Å². The minimum atomic E-state index is -3.84. The standard InChI is InChI=1S/C23H34NO5P/c1-24(2,15-8-12-20-9-4-3-5-10-20)16-17-29-30(27,28)18-7-6-11-21-13-14-22(25)23(26)19-21/h3-5,9-10,13-14,19H,6-8,11-12,15-18H2,1-2H3,(H2-,25,26,27,28). The van der Waals surface area contributed by atoms with Crippen LogP contribution in [0.5, 0.6) is 11.5 Å². The van der Waals surface area contributed by atoms with Crippen molar-refractivity contribution < 1.29 is 28.7 Å². The molecule has 2 rings (SSSR count). The van der Waals surface area contributed by atoms with Gasteiger partial charge >= 0.3 is 0 Å². The van der Waals surface area contributed by atoms with Crippen LogP contribution in [0.2, 0.25) is 0 Å². The third-order valence-electron chi connectivity index (χ3n) is 5.24. The van der Waals surface area contributed by atoms with E-state index in [1.54, 1.807) is 6.07 Å². The maximum atomic E-state index is 12.2. The van der Waals surface area contributed by atoms with Gasteiger partial charge in [-0.3, -0.25) is 0 Å². The van der Waals surface area contributed by atoms with Crippen molar-refractivity contribution in [2.45, 2.75) is 32.1 Å². The van der Waals surface area contributed by atoms with Crippen LogP contribution in [0.15, 0.2) is 48.5 Å². The number of quaternary nitrogens is 1. The van der Waals surface area contributed by atoms with Crippen LogP contribution >= 0.6 is 7.60 Å². The highest BCUT2D eigenvalue weighted by Crippen LogP contribution is 2.38. The topological polar surface area (TPSA) is 89.8 Å². The van der Waals surface area contributed by atoms with Crippen molar-refractivity contribution in [1.82, 2.24) is 0 Å². The van der Waals surface area contributed by atoms with Crippen molar-refractivity contribution in [3.05, 3.63) is 59.7 Å². The van der Waals surface area contributed by atoms with Gasteiger partial charge in [0.1, 0.15) is 20.7 Å². The van der Waals surface area contributed by atoms with E-state index in [0.29, 0.717) is 25.8 Å². The van der Waals surface area contributed by atoms with Gasteiger partial charge in [-0.1, -0.05) is 36.4 Å². The second-order valence-electron chi connectivity index (χ2n) is 8.42. The molecule has 0 radical (unpaired) electrons. The number of rotatable bonds is 13. The Labute approximate surface area is 179 Å². The number of likely N-dealkylation sites (N-methyl/N-ethyl adjacent to an activating group) is 1. The Hall–Kier alpha value is -1.85. The molecule has 0 aliphatic carbocycles. The molecular weight excluding hydrogens is 401 g/mol. The van der Waals surface area contributed by atoms with E-state index in [9.17, 15) is 19.7 Å². The zero-order valence-electron chi connectivity index (χ0n) is 18.0. The lowest BCUT2D eigenvalue weighted by atomic mass is 10.1. The van der Waals surface area contributed by atoms with Crippen molar-refractivity contribution in [1.29, 1.82) is 0 Å². The van der Waals surface area contributed by atoms with E-state index in [4.69, 9.17) is 4.52 Å². The fraction of sp³-hybridized carbons (Fsp3) is 0.478. The SMILES string of the molecule is C[N+](C)(CCCc1ccccc1)CCOP(=O)([O-])CCCCc1ccc(O)c(O)c1. The Bertz CT molecular complexity index is 826. The first kappa shape index (κ1) is 24.4.